The first-order valence-electron chi connectivity index (χ1n) is 6.74. The molecule has 2 N–H and O–H groups in total. The van der Waals surface area contributed by atoms with Crippen LogP contribution in [0.1, 0.15) is 27.2 Å². The second kappa shape index (κ2) is 7.88. The number of nitrogens with one attached hydrogen (secondary N) is 1. The summed E-state index contributed by atoms with van der Waals surface area (Å²) in [7, 11) is 0. The number of carboxylic acids is 1. The van der Waals surface area contributed by atoms with Crippen LogP contribution in [0, 0.1) is 5.92 Å². The number of hydrogen-bond acceptors (Lipinski definition) is 3. The summed E-state index contributed by atoms with van der Waals surface area (Å²) in [5.41, 5.74) is 0. The van der Waals surface area contributed by atoms with Crippen LogP contribution in [0.15, 0.2) is 24.3 Å². The Morgan fingerprint density at radius 1 is 1.33 bits per heavy atom. The summed E-state index contributed by atoms with van der Waals surface area (Å²) in [5.74, 6) is -0.860. The molecule has 1 aromatic rings. The molecule has 1 aromatic carbocycles. The average Bonchev–Trinajstić information content (AvgIpc) is 2.34. The van der Waals surface area contributed by atoms with E-state index in [0.717, 1.165) is 0 Å². The predicted molar refractivity (Wildman–Crippen MR) is 80.6 cm³/mol. The maximum absolute atomic E-state index is 12.2. The lowest BCUT2D eigenvalue weighted by Gasteiger charge is -2.23. The molecular weight excluding hydrogens is 294 g/mol. The SMILES string of the molecule is CC(CC(=O)O)NC(=O)C(Oc1cccc(Cl)c1)C(C)C. The Kier molecular flexibility index (Phi) is 6.49. The summed E-state index contributed by atoms with van der Waals surface area (Å²) < 4.78 is 5.68. The number of hydrogen-bond donors (Lipinski definition) is 2. The van der Waals surface area contributed by atoms with E-state index in [2.05, 4.69) is 5.32 Å². The second-order valence-electron chi connectivity index (χ2n) is 5.25. The van der Waals surface area contributed by atoms with Crippen LogP contribution in [0.5, 0.6) is 5.75 Å². The molecule has 0 spiro atoms. The molecule has 1 amide bonds. The molecule has 0 radical (unpaired) electrons. The molecule has 116 valence electrons. The van der Waals surface area contributed by atoms with Gasteiger partial charge in [-0.3, -0.25) is 9.59 Å². The van der Waals surface area contributed by atoms with Gasteiger partial charge >= 0.3 is 5.97 Å². The van der Waals surface area contributed by atoms with E-state index >= 15 is 0 Å². The standard InChI is InChI=1S/C15H20ClNO4/c1-9(2)14(15(20)17-10(3)7-13(18)19)21-12-6-4-5-11(16)8-12/h4-6,8-10,14H,7H2,1-3H3,(H,17,20)(H,18,19). The first-order valence-corrected chi connectivity index (χ1v) is 7.11. The second-order valence-corrected chi connectivity index (χ2v) is 5.68. The highest BCUT2D eigenvalue weighted by Gasteiger charge is 2.26. The van der Waals surface area contributed by atoms with Gasteiger partial charge in [-0.15, -0.1) is 0 Å². The lowest BCUT2D eigenvalue weighted by Crippen LogP contribution is -2.45. The summed E-state index contributed by atoms with van der Waals surface area (Å²) in [6.45, 7) is 5.36. The van der Waals surface area contributed by atoms with E-state index in [-0.39, 0.29) is 18.2 Å². The van der Waals surface area contributed by atoms with E-state index in [0.29, 0.717) is 10.8 Å². The van der Waals surface area contributed by atoms with E-state index in [9.17, 15) is 9.59 Å². The minimum Gasteiger partial charge on any atom is -0.481 e. The monoisotopic (exact) mass is 313 g/mol. The number of carbonyl (C=O) groups excluding carboxylic acids is 1. The number of benzene rings is 1. The van der Waals surface area contributed by atoms with Crippen molar-refractivity contribution in [3.8, 4) is 5.75 Å². The third-order valence-electron chi connectivity index (χ3n) is 2.79. The van der Waals surface area contributed by atoms with Crippen LogP contribution in [0.25, 0.3) is 0 Å². The van der Waals surface area contributed by atoms with Gasteiger partial charge in [-0.05, 0) is 31.0 Å². The van der Waals surface area contributed by atoms with Gasteiger partial charge < -0.3 is 15.2 Å². The molecule has 0 aliphatic carbocycles. The fourth-order valence-corrected chi connectivity index (χ4v) is 2.00. The van der Waals surface area contributed by atoms with Crippen LogP contribution < -0.4 is 10.1 Å². The molecule has 0 aromatic heterocycles. The Morgan fingerprint density at radius 2 is 2.00 bits per heavy atom. The molecular formula is C15H20ClNO4. The highest BCUT2D eigenvalue weighted by molar-refractivity contribution is 6.30. The lowest BCUT2D eigenvalue weighted by molar-refractivity contribution is -0.138. The third kappa shape index (κ3) is 6.04. The summed E-state index contributed by atoms with van der Waals surface area (Å²) in [4.78, 5) is 22.8. The average molecular weight is 314 g/mol. The molecule has 2 unspecified atom stereocenters. The zero-order valence-corrected chi connectivity index (χ0v) is 13.1. The van der Waals surface area contributed by atoms with Gasteiger partial charge in [0, 0.05) is 11.1 Å². The zero-order chi connectivity index (χ0) is 16.0. The van der Waals surface area contributed by atoms with Gasteiger partial charge in [0.1, 0.15) is 5.75 Å². The van der Waals surface area contributed by atoms with E-state index in [4.69, 9.17) is 21.4 Å². The number of aliphatic carboxylic acids is 1. The first-order chi connectivity index (χ1) is 9.79. The van der Waals surface area contributed by atoms with Crippen molar-refractivity contribution in [2.45, 2.75) is 39.3 Å². The van der Waals surface area contributed by atoms with E-state index in [1.807, 2.05) is 13.8 Å². The molecule has 0 aliphatic heterocycles. The van der Waals surface area contributed by atoms with Gasteiger partial charge in [0.25, 0.3) is 5.91 Å². The van der Waals surface area contributed by atoms with Crippen LogP contribution in [0.3, 0.4) is 0 Å². The van der Waals surface area contributed by atoms with E-state index < -0.39 is 18.1 Å². The van der Waals surface area contributed by atoms with Crippen LogP contribution in [-0.2, 0) is 9.59 Å². The number of rotatable bonds is 7. The van der Waals surface area contributed by atoms with Gasteiger partial charge in [0.2, 0.25) is 0 Å². The minimum absolute atomic E-state index is 0.0685. The zero-order valence-electron chi connectivity index (χ0n) is 12.3. The summed E-state index contributed by atoms with van der Waals surface area (Å²) >= 11 is 5.88. The number of carboxylic acid groups (broad SMARTS) is 1. The van der Waals surface area contributed by atoms with Crippen molar-refractivity contribution < 1.29 is 19.4 Å². The maximum atomic E-state index is 12.2. The van der Waals surface area contributed by atoms with Crippen molar-refractivity contribution in [3.05, 3.63) is 29.3 Å². The van der Waals surface area contributed by atoms with Crippen LogP contribution >= 0.6 is 11.6 Å². The Morgan fingerprint density at radius 3 is 2.52 bits per heavy atom. The van der Waals surface area contributed by atoms with Crippen molar-refractivity contribution in [1.29, 1.82) is 0 Å². The highest BCUT2D eigenvalue weighted by atomic mass is 35.5. The number of ether oxygens (including phenoxy) is 1. The first kappa shape index (κ1) is 17.3. The Bertz CT molecular complexity index is 504. The van der Waals surface area contributed by atoms with Gasteiger partial charge in [0.15, 0.2) is 6.10 Å². The molecule has 21 heavy (non-hydrogen) atoms. The topological polar surface area (TPSA) is 75.6 Å². The molecule has 2 atom stereocenters. The highest BCUT2D eigenvalue weighted by Crippen LogP contribution is 2.20. The summed E-state index contributed by atoms with van der Waals surface area (Å²) in [6, 6.07) is 6.34. The molecule has 6 heteroatoms. The van der Waals surface area contributed by atoms with Crippen molar-refractivity contribution in [2.24, 2.45) is 5.92 Å². The van der Waals surface area contributed by atoms with E-state index in [1.54, 1.807) is 31.2 Å². The third-order valence-corrected chi connectivity index (χ3v) is 3.03. The maximum Gasteiger partial charge on any atom is 0.305 e. The predicted octanol–water partition coefficient (Wildman–Crippen LogP) is 2.72. The normalized spacial score (nSPS) is 13.6. The van der Waals surface area contributed by atoms with Gasteiger partial charge in [0.05, 0.1) is 6.42 Å². The van der Waals surface area contributed by atoms with Crippen molar-refractivity contribution in [1.82, 2.24) is 5.32 Å². The molecule has 0 aliphatic rings. The van der Waals surface area contributed by atoms with Gasteiger partial charge in [-0.1, -0.05) is 31.5 Å². The molecule has 0 fully saturated rings. The van der Waals surface area contributed by atoms with Crippen molar-refractivity contribution >= 4 is 23.5 Å². The Labute approximate surface area is 129 Å². The molecule has 0 saturated heterocycles. The Hall–Kier alpha value is -1.75. The number of carbonyl (C=O) groups is 2. The minimum atomic E-state index is -0.959. The summed E-state index contributed by atoms with van der Waals surface area (Å²) in [6.07, 6.45) is -0.840. The van der Waals surface area contributed by atoms with Crippen molar-refractivity contribution in [3.63, 3.8) is 0 Å². The number of halogens is 1. The smallest absolute Gasteiger partial charge is 0.305 e. The summed E-state index contributed by atoms with van der Waals surface area (Å²) in [5, 5.41) is 11.9. The molecule has 5 nitrogen and oxygen atoms in total. The molecule has 0 bridgehead atoms. The molecule has 1 rings (SSSR count). The lowest BCUT2D eigenvalue weighted by atomic mass is 10.1. The van der Waals surface area contributed by atoms with Crippen LogP contribution in [-0.4, -0.2) is 29.1 Å². The van der Waals surface area contributed by atoms with Crippen LogP contribution in [0.2, 0.25) is 5.02 Å². The quantitative estimate of drug-likeness (QED) is 0.811. The largest absolute Gasteiger partial charge is 0.481 e. The van der Waals surface area contributed by atoms with Crippen molar-refractivity contribution in [2.75, 3.05) is 0 Å². The van der Waals surface area contributed by atoms with Gasteiger partial charge in [-0.2, -0.15) is 0 Å². The van der Waals surface area contributed by atoms with Gasteiger partial charge in [-0.25, -0.2) is 0 Å². The fourth-order valence-electron chi connectivity index (χ4n) is 1.82. The van der Waals surface area contributed by atoms with Crippen LogP contribution in [0.4, 0.5) is 0 Å². The molecule has 0 saturated carbocycles. The Balaban J connectivity index is 2.72. The molecule has 0 heterocycles. The van der Waals surface area contributed by atoms with E-state index in [1.165, 1.54) is 0 Å². The number of amides is 1. The fraction of sp³-hybridized carbons (Fsp3) is 0.467.